The number of nitrogens with zero attached hydrogens (tertiary/aromatic N) is 2. The molecule has 0 amide bonds. The molecule has 26 heavy (non-hydrogen) atoms. The highest BCUT2D eigenvalue weighted by Gasteiger charge is 2.22. The predicted molar refractivity (Wildman–Crippen MR) is 114 cm³/mol. The topological polar surface area (TPSA) is 67.8 Å². The summed E-state index contributed by atoms with van der Waals surface area (Å²) in [6.45, 7) is 4.09. The molecule has 0 radical (unpaired) electrons. The van der Waals surface area contributed by atoms with Crippen molar-refractivity contribution in [1.29, 1.82) is 0 Å². The quantitative estimate of drug-likeness (QED) is 0.224. The van der Waals surface area contributed by atoms with Crippen molar-refractivity contribution in [2.45, 2.75) is 38.6 Å². The molecule has 3 rings (SSSR count). The maximum Gasteiger partial charge on any atom is 0.213 e. The Morgan fingerprint density at radius 1 is 1.15 bits per heavy atom. The molecule has 0 unspecified atom stereocenters. The van der Waals surface area contributed by atoms with E-state index in [1.165, 1.54) is 25.7 Å². The third kappa shape index (κ3) is 8.53. The van der Waals surface area contributed by atoms with Crippen LogP contribution in [0.4, 0.5) is 0 Å². The number of pyridine rings is 1. The van der Waals surface area contributed by atoms with Gasteiger partial charge in [-0.05, 0) is 49.5 Å². The lowest BCUT2D eigenvalue weighted by atomic mass is 10.3. The van der Waals surface area contributed by atoms with Gasteiger partial charge in [-0.2, -0.15) is 0 Å². The zero-order chi connectivity index (χ0) is 17.3. The van der Waals surface area contributed by atoms with Gasteiger partial charge in [-0.1, -0.05) is 6.07 Å². The Hall–Kier alpha value is -1.09. The molecule has 2 fully saturated rings. The number of halogens is 1. The molecule has 2 saturated carbocycles. The zero-order valence-corrected chi connectivity index (χ0v) is 17.9. The number of nitrogens with one attached hydrogen (secondary N) is 2. The van der Waals surface area contributed by atoms with Crippen molar-refractivity contribution >= 4 is 29.9 Å². The maximum absolute atomic E-state index is 5.66. The number of aromatic nitrogens is 1. The van der Waals surface area contributed by atoms with Crippen molar-refractivity contribution in [3.05, 3.63) is 23.9 Å². The van der Waals surface area contributed by atoms with Crippen LogP contribution < -0.4 is 15.4 Å². The first-order valence-corrected chi connectivity index (χ1v) is 9.43. The fourth-order valence-electron chi connectivity index (χ4n) is 2.41. The summed E-state index contributed by atoms with van der Waals surface area (Å²) in [5.41, 5.74) is 1.11. The van der Waals surface area contributed by atoms with Crippen molar-refractivity contribution in [3.8, 4) is 5.88 Å². The van der Waals surface area contributed by atoms with Crippen LogP contribution in [0.5, 0.6) is 5.88 Å². The minimum absolute atomic E-state index is 0. The summed E-state index contributed by atoms with van der Waals surface area (Å²) < 4.78 is 11.3. The number of guanidine groups is 1. The number of rotatable bonds is 11. The van der Waals surface area contributed by atoms with Crippen molar-refractivity contribution in [2.75, 3.05) is 33.4 Å². The van der Waals surface area contributed by atoms with Crippen LogP contribution in [0.1, 0.15) is 37.7 Å². The van der Waals surface area contributed by atoms with Gasteiger partial charge in [0.25, 0.3) is 0 Å². The van der Waals surface area contributed by atoms with Gasteiger partial charge in [0.15, 0.2) is 5.96 Å². The van der Waals surface area contributed by atoms with Gasteiger partial charge in [0.1, 0.15) is 0 Å². The van der Waals surface area contributed by atoms with Gasteiger partial charge in [0, 0.05) is 45.6 Å². The van der Waals surface area contributed by atoms with E-state index in [-0.39, 0.29) is 24.0 Å². The summed E-state index contributed by atoms with van der Waals surface area (Å²) in [5, 5.41) is 6.61. The number of aliphatic imine (C=N–C) groups is 1. The highest BCUT2D eigenvalue weighted by Crippen LogP contribution is 2.29. The van der Waals surface area contributed by atoms with E-state index in [2.05, 4.69) is 20.6 Å². The summed E-state index contributed by atoms with van der Waals surface area (Å²) in [4.78, 5) is 8.60. The van der Waals surface area contributed by atoms with Crippen molar-refractivity contribution in [1.82, 2.24) is 15.6 Å². The third-order valence-electron chi connectivity index (χ3n) is 4.45. The molecule has 7 heteroatoms. The van der Waals surface area contributed by atoms with Crippen LogP contribution in [0.15, 0.2) is 23.3 Å². The summed E-state index contributed by atoms with van der Waals surface area (Å²) in [6.07, 6.45) is 8.12. The molecule has 0 aromatic carbocycles. The van der Waals surface area contributed by atoms with Crippen molar-refractivity contribution in [2.24, 2.45) is 16.8 Å². The van der Waals surface area contributed by atoms with E-state index in [1.54, 1.807) is 7.05 Å². The molecule has 1 aromatic rings. The smallest absolute Gasteiger partial charge is 0.213 e. The van der Waals surface area contributed by atoms with Gasteiger partial charge >= 0.3 is 0 Å². The fraction of sp³-hybridized carbons (Fsp3) is 0.684. The SMILES string of the molecule is CN=C(NCCCOCC1CC1)NCc1ccc(OCC2CC2)nc1.I. The molecule has 0 saturated heterocycles. The molecule has 2 N–H and O–H groups in total. The van der Waals surface area contributed by atoms with Gasteiger partial charge in [-0.25, -0.2) is 4.98 Å². The first kappa shape index (κ1) is 21.2. The molecule has 0 atom stereocenters. The fourth-order valence-corrected chi connectivity index (χ4v) is 2.41. The molecule has 1 heterocycles. The summed E-state index contributed by atoms with van der Waals surface area (Å²) in [6, 6.07) is 3.98. The molecular formula is C19H31IN4O2. The Kier molecular flexibility index (Phi) is 9.45. The summed E-state index contributed by atoms with van der Waals surface area (Å²) >= 11 is 0. The van der Waals surface area contributed by atoms with Crippen molar-refractivity contribution < 1.29 is 9.47 Å². The second-order valence-corrected chi connectivity index (χ2v) is 6.98. The Morgan fingerprint density at radius 2 is 1.92 bits per heavy atom. The molecule has 0 bridgehead atoms. The largest absolute Gasteiger partial charge is 0.477 e. The molecule has 146 valence electrons. The first-order chi connectivity index (χ1) is 12.3. The van der Waals surface area contributed by atoms with Crippen molar-refractivity contribution in [3.63, 3.8) is 0 Å². The second kappa shape index (κ2) is 11.6. The van der Waals surface area contributed by atoms with Crippen LogP contribution in [0.25, 0.3) is 0 Å². The minimum Gasteiger partial charge on any atom is -0.477 e. The Labute approximate surface area is 173 Å². The van der Waals surface area contributed by atoms with E-state index in [4.69, 9.17) is 9.47 Å². The highest BCUT2D eigenvalue weighted by atomic mass is 127. The van der Waals surface area contributed by atoms with Crippen LogP contribution in [0, 0.1) is 11.8 Å². The Bertz CT molecular complexity index is 545. The van der Waals surface area contributed by atoms with Crippen LogP contribution in [-0.2, 0) is 11.3 Å². The minimum atomic E-state index is 0. The van der Waals surface area contributed by atoms with E-state index in [9.17, 15) is 0 Å². The molecule has 1 aromatic heterocycles. The van der Waals surface area contributed by atoms with Crippen LogP contribution >= 0.6 is 24.0 Å². The summed E-state index contributed by atoms with van der Waals surface area (Å²) in [5.74, 6) is 3.10. The molecular weight excluding hydrogens is 443 g/mol. The zero-order valence-electron chi connectivity index (χ0n) is 15.6. The summed E-state index contributed by atoms with van der Waals surface area (Å²) in [7, 11) is 1.78. The van der Waals surface area contributed by atoms with E-state index in [0.717, 1.165) is 56.1 Å². The molecule has 6 nitrogen and oxygen atoms in total. The lowest BCUT2D eigenvalue weighted by Gasteiger charge is -2.12. The Morgan fingerprint density at radius 3 is 2.58 bits per heavy atom. The normalized spacial score (nSPS) is 16.7. The number of hydrogen-bond donors (Lipinski definition) is 2. The first-order valence-electron chi connectivity index (χ1n) is 9.43. The second-order valence-electron chi connectivity index (χ2n) is 6.98. The Balaban J connectivity index is 0.00000243. The van der Waals surface area contributed by atoms with Gasteiger partial charge in [-0.15, -0.1) is 24.0 Å². The van der Waals surface area contributed by atoms with Gasteiger partial charge in [0.2, 0.25) is 5.88 Å². The highest BCUT2D eigenvalue weighted by molar-refractivity contribution is 14.0. The van der Waals surface area contributed by atoms with E-state index < -0.39 is 0 Å². The average Bonchev–Trinajstić information content (AvgIpc) is 3.54. The lowest BCUT2D eigenvalue weighted by molar-refractivity contribution is 0.123. The van der Waals surface area contributed by atoms with Gasteiger partial charge < -0.3 is 20.1 Å². The standard InChI is InChI=1S/C19H30N4O2.HI/c1-20-19(21-9-2-10-24-13-15-3-4-15)23-12-17-7-8-18(22-11-17)25-14-16-5-6-16;/h7-8,11,15-16H,2-6,9-10,12-14H2,1H3,(H2,20,21,23);1H. The molecule has 0 aliphatic heterocycles. The number of hydrogen-bond acceptors (Lipinski definition) is 4. The number of ether oxygens (including phenoxy) is 2. The van der Waals surface area contributed by atoms with Gasteiger partial charge in [-0.3, -0.25) is 4.99 Å². The van der Waals surface area contributed by atoms with Crippen LogP contribution in [0.3, 0.4) is 0 Å². The van der Waals surface area contributed by atoms with Gasteiger partial charge in [0.05, 0.1) is 6.61 Å². The van der Waals surface area contributed by atoms with E-state index in [1.807, 2.05) is 18.3 Å². The average molecular weight is 474 g/mol. The predicted octanol–water partition coefficient (Wildman–Crippen LogP) is 2.97. The third-order valence-corrected chi connectivity index (χ3v) is 4.45. The van der Waals surface area contributed by atoms with Crippen LogP contribution in [0.2, 0.25) is 0 Å². The molecule has 0 spiro atoms. The maximum atomic E-state index is 5.66. The molecule has 2 aliphatic rings. The molecule has 2 aliphatic carbocycles. The van der Waals surface area contributed by atoms with E-state index in [0.29, 0.717) is 12.4 Å². The van der Waals surface area contributed by atoms with E-state index >= 15 is 0 Å². The lowest BCUT2D eigenvalue weighted by Crippen LogP contribution is -2.37. The van der Waals surface area contributed by atoms with Crippen LogP contribution in [-0.4, -0.2) is 44.4 Å². The monoisotopic (exact) mass is 474 g/mol.